The second kappa shape index (κ2) is 8.86. The smallest absolute Gasteiger partial charge is 0.239 e. The van der Waals surface area contributed by atoms with Crippen LogP contribution in [-0.4, -0.2) is 25.5 Å². The molecule has 0 heterocycles. The first-order valence-corrected chi connectivity index (χ1v) is 8.59. The predicted molar refractivity (Wildman–Crippen MR) is 103 cm³/mol. The van der Waals surface area contributed by atoms with Crippen LogP contribution in [0, 0.1) is 16.7 Å². The van der Waals surface area contributed by atoms with Gasteiger partial charge in [0.2, 0.25) is 11.8 Å². The molecular weight excluding hydrogens is 342 g/mol. The molecule has 6 nitrogen and oxygen atoms in total. The van der Waals surface area contributed by atoms with Crippen LogP contribution < -0.4 is 15.4 Å². The first-order valence-electron chi connectivity index (χ1n) is 8.59. The SMILES string of the molecule is COc1cccc(CCNC(=O)C(C)(C)C(=O)Nc2ccc(C#N)cc2)c1. The number of nitriles is 1. The van der Waals surface area contributed by atoms with E-state index in [-0.39, 0.29) is 5.91 Å². The summed E-state index contributed by atoms with van der Waals surface area (Å²) in [5, 5.41) is 14.3. The van der Waals surface area contributed by atoms with Gasteiger partial charge < -0.3 is 15.4 Å². The zero-order valence-electron chi connectivity index (χ0n) is 15.7. The van der Waals surface area contributed by atoms with Gasteiger partial charge in [0.25, 0.3) is 0 Å². The third kappa shape index (κ3) is 5.32. The molecule has 0 radical (unpaired) electrons. The Kier molecular flexibility index (Phi) is 6.56. The molecular formula is C21H23N3O3. The van der Waals surface area contributed by atoms with E-state index in [4.69, 9.17) is 10.00 Å². The standard InChI is InChI=1S/C21H23N3O3/c1-21(2,20(26)24-17-9-7-16(14-22)8-10-17)19(25)23-12-11-15-5-4-6-18(13-15)27-3/h4-10,13H,11-12H2,1-3H3,(H,23,25)(H,24,26). The number of nitrogens with zero attached hydrogens (tertiary/aromatic N) is 1. The molecule has 0 aromatic heterocycles. The van der Waals surface area contributed by atoms with Crippen LogP contribution in [0.1, 0.15) is 25.0 Å². The van der Waals surface area contributed by atoms with Crippen molar-refractivity contribution >= 4 is 17.5 Å². The Morgan fingerprint density at radius 3 is 2.44 bits per heavy atom. The van der Waals surface area contributed by atoms with Crippen molar-refractivity contribution in [3.05, 3.63) is 59.7 Å². The Labute approximate surface area is 159 Å². The minimum absolute atomic E-state index is 0.350. The van der Waals surface area contributed by atoms with Crippen molar-refractivity contribution < 1.29 is 14.3 Å². The maximum atomic E-state index is 12.5. The lowest BCUT2D eigenvalue weighted by Gasteiger charge is -2.22. The second-order valence-electron chi connectivity index (χ2n) is 6.63. The Hall–Kier alpha value is -3.33. The van der Waals surface area contributed by atoms with Crippen molar-refractivity contribution in [3.63, 3.8) is 0 Å². The summed E-state index contributed by atoms with van der Waals surface area (Å²) in [6.45, 7) is 3.57. The molecule has 2 aromatic rings. The van der Waals surface area contributed by atoms with Crippen molar-refractivity contribution in [2.24, 2.45) is 5.41 Å². The summed E-state index contributed by atoms with van der Waals surface area (Å²) in [5.41, 5.74) is 0.843. The molecule has 0 aliphatic carbocycles. The van der Waals surface area contributed by atoms with Crippen molar-refractivity contribution in [1.82, 2.24) is 5.32 Å². The van der Waals surface area contributed by atoms with Gasteiger partial charge in [-0.05, 0) is 62.2 Å². The number of ether oxygens (including phenoxy) is 1. The molecule has 0 saturated carbocycles. The summed E-state index contributed by atoms with van der Waals surface area (Å²) in [5.74, 6) is 0.00331. The predicted octanol–water partition coefficient (Wildman–Crippen LogP) is 2.89. The van der Waals surface area contributed by atoms with E-state index in [1.54, 1.807) is 45.2 Å². The second-order valence-corrected chi connectivity index (χ2v) is 6.63. The first-order chi connectivity index (χ1) is 12.9. The molecule has 27 heavy (non-hydrogen) atoms. The van der Waals surface area contributed by atoms with E-state index in [2.05, 4.69) is 10.6 Å². The number of carbonyl (C=O) groups is 2. The average Bonchev–Trinajstić information content (AvgIpc) is 2.68. The molecule has 0 unspecified atom stereocenters. The van der Waals surface area contributed by atoms with Gasteiger partial charge in [-0.3, -0.25) is 9.59 Å². The van der Waals surface area contributed by atoms with E-state index >= 15 is 0 Å². The van der Waals surface area contributed by atoms with E-state index < -0.39 is 11.3 Å². The number of nitrogens with one attached hydrogen (secondary N) is 2. The fourth-order valence-electron chi connectivity index (χ4n) is 2.39. The lowest BCUT2D eigenvalue weighted by molar-refractivity contribution is -0.138. The van der Waals surface area contributed by atoms with E-state index in [1.807, 2.05) is 30.3 Å². The quantitative estimate of drug-likeness (QED) is 0.738. The van der Waals surface area contributed by atoms with E-state index in [0.717, 1.165) is 11.3 Å². The summed E-state index contributed by atoms with van der Waals surface area (Å²) in [7, 11) is 1.61. The number of amides is 2. The van der Waals surface area contributed by atoms with Gasteiger partial charge >= 0.3 is 0 Å². The van der Waals surface area contributed by atoms with Crippen LogP contribution in [0.4, 0.5) is 5.69 Å². The number of hydrogen-bond donors (Lipinski definition) is 2. The monoisotopic (exact) mass is 365 g/mol. The summed E-state index contributed by atoms with van der Waals surface area (Å²) in [6, 6.07) is 16.1. The first kappa shape index (κ1) is 20.0. The highest BCUT2D eigenvalue weighted by Gasteiger charge is 2.35. The zero-order chi connectivity index (χ0) is 19.9. The number of hydrogen-bond acceptors (Lipinski definition) is 4. The van der Waals surface area contributed by atoms with E-state index in [9.17, 15) is 9.59 Å². The van der Waals surface area contributed by atoms with Crippen LogP contribution in [0.5, 0.6) is 5.75 Å². The zero-order valence-corrected chi connectivity index (χ0v) is 15.7. The lowest BCUT2D eigenvalue weighted by atomic mass is 9.90. The number of benzene rings is 2. The average molecular weight is 365 g/mol. The summed E-state index contributed by atoms with van der Waals surface area (Å²) in [4.78, 5) is 25.0. The van der Waals surface area contributed by atoms with Crippen LogP contribution in [0.3, 0.4) is 0 Å². The van der Waals surface area contributed by atoms with Crippen LogP contribution in [0.25, 0.3) is 0 Å². The Morgan fingerprint density at radius 1 is 1.11 bits per heavy atom. The van der Waals surface area contributed by atoms with Crippen molar-refractivity contribution in [3.8, 4) is 11.8 Å². The molecule has 0 aliphatic heterocycles. The molecule has 2 rings (SSSR count). The van der Waals surface area contributed by atoms with Crippen molar-refractivity contribution in [2.75, 3.05) is 19.0 Å². The van der Waals surface area contributed by atoms with Gasteiger partial charge in [0, 0.05) is 12.2 Å². The van der Waals surface area contributed by atoms with Gasteiger partial charge in [0.1, 0.15) is 11.2 Å². The number of carbonyl (C=O) groups excluding carboxylic acids is 2. The molecule has 0 saturated heterocycles. The maximum absolute atomic E-state index is 12.5. The molecule has 2 aromatic carbocycles. The fourth-order valence-corrected chi connectivity index (χ4v) is 2.39. The van der Waals surface area contributed by atoms with Crippen LogP contribution in [0.2, 0.25) is 0 Å². The highest BCUT2D eigenvalue weighted by atomic mass is 16.5. The Balaban J connectivity index is 1.90. The third-order valence-electron chi connectivity index (χ3n) is 4.24. The summed E-state index contributed by atoms with van der Waals surface area (Å²) >= 11 is 0. The molecule has 2 N–H and O–H groups in total. The molecule has 0 bridgehead atoms. The topological polar surface area (TPSA) is 91.2 Å². The molecule has 0 fully saturated rings. The van der Waals surface area contributed by atoms with Gasteiger partial charge in [-0.2, -0.15) is 5.26 Å². The Morgan fingerprint density at radius 2 is 1.81 bits per heavy atom. The molecule has 0 atom stereocenters. The van der Waals surface area contributed by atoms with Gasteiger partial charge in [0.05, 0.1) is 18.7 Å². The molecule has 2 amide bonds. The number of methoxy groups -OCH3 is 1. The lowest BCUT2D eigenvalue weighted by Crippen LogP contribution is -2.45. The highest BCUT2D eigenvalue weighted by molar-refractivity contribution is 6.09. The number of rotatable bonds is 7. The van der Waals surface area contributed by atoms with Crippen molar-refractivity contribution in [1.29, 1.82) is 5.26 Å². The van der Waals surface area contributed by atoms with E-state index in [1.165, 1.54) is 0 Å². The van der Waals surface area contributed by atoms with Crippen molar-refractivity contribution in [2.45, 2.75) is 20.3 Å². The largest absolute Gasteiger partial charge is 0.497 e. The molecule has 0 spiro atoms. The minimum Gasteiger partial charge on any atom is -0.497 e. The molecule has 0 aliphatic rings. The fraction of sp³-hybridized carbons (Fsp3) is 0.286. The molecule has 6 heteroatoms. The summed E-state index contributed by atoms with van der Waals surface area (Å²) in [6.07, 6.45) is 0.635. The normalized spacial score (nSPS) is 10.6. The van der Waals surface area contributed by atoms with Gasteiger partial charge in [-0.1, -0.05) is 12.1 Å². The van der Waals surface area contributed by atoms with Crippen LogP contribution in [-0.2, 0) is 16.0 Å². The number of anilines is 1. The van der Waals surface area contributed by atoms with Gasteiger partial charge in [-0.25, -0.2) is 0 Å². The van der Waals surface area contributed by atoms with Gasteiger partial charge in [-0.15, -0.1) is 0 Å². The Bertz CT molecular complexity index is 852. The maximum Gasteiger partial charge on any atom is 0.239 e. The van der Waals surface area contributed by atoms with Crippen LogP contribution in [0.15, 0.2) is 48.5 Å². The minimum atomic E-state index is -1.23. The molecule has 140 valence electrons. The third-order valence-corrected chi connectivity index (χ3v) is 4.24. The van der Waals surface area contributed by atoms with Crippen LogP contribution >= 0.6 is 0 Å². The summed E-state index contributed by atoms with van der Waals surface area (Å²) < 4.78 is 5.18. The van der Waals surface area contributed by atoms with Gasteiger partial charge in [0.15, 0.2) is 0 Å². The van der Waals surface area contributed by atoms with E-state index in [0.29, 0.717) is 24.2 Å². The highest BCUT2D eigenvalue weighted by Crippen LogP contribution is 2.19.